The van der Waals surface area contributed by atoms with E-state index in [2.05, 4.69) is 9.97 Å². The molecule has 0 N–H and O–H groups in total. The topological polar surface area (TPSA) is 77.8 Å². The third-order valence-corrected chi connectivity index (χ3v) is 5.55. The van der Waals surface area contributed by atoms with Crippen LogP contribution in [0.5, 0.6) is 0 Å². The van der Waals surface area contributed by atoms with Gasteiger partial charge in [-0.05, 0) is 36.4 Å². The van der Waals surface area contributed by atoms with E-state index in [0.29, 0.717) is 23.2 Å². The van der Waals surface area contributed by atoms with Gasteiger partial charge in [0.05, 0.1) is 11.0 Å². The van der Waals surface area contributed by atoms with E-state index in [-0.39, 0.29) is 0 Å². The van der Waals surface area contributed by atoms with Crippen LogP contribution in [-0.4, -0.2) is 19.9 Å². The van der Waals surface area contributed by atoms with Crippen LogP contribution in [0.25, 0.3) is 67.2 Å². The number of hydrogen-bond acceptors (Lipinski definition) is 6. The molecule has 0 spiro atoms. The molecule has 7 aromatic rings. The molecule has 0 unspecified atom stereocenters. The summed E-state index contributed by atoms with van der Waals surface area (Å²) in [5, 5.41) is 1.97. The first-order valence-electron chi connectivity index (χ1n) is 10.2. The zero-order chi connectivity index (χ0) is 21.1. The summed E-state index contributed by atoms with van der Waals surface area (Å²) in [6.07, 6.45) is 0. The van der Waals surface area contributed by atoms with E-state index in [4.69, 9.17) is 18.8 Å². The summed E-state index contributed by atoms with van der Waals surface area (Å²) in [4.78, 5) is 18.9. The fourth-order valence-electron chi connectivity index (χ4n) is 3.97. The number of rotatable bonds is 2. The molecular weight excluding hydrogens is 400 g/mol. The summed E-state index contributed by atoms with van der Waals surface area (Å²) >= 11 is 0. The van der Waals surface area contributed by atoms with E-state index in [1.165, 1.54) is 0 Å². The molecule has 0 amide bonds. The van der Waals surface area contributed by atoms with Crippen LogP contribution in [0.2, 0.25) is 0 Å². The summed E-state index contributed by atoms with van der Waals surface area (Å²) in [6, 6.07) is 27.3. The average Bonchev–Trinajstić information content (AvgIpc) is 3.48. The second kappa shape index (κ2) is 6.46. The Balaban J connectivity index is 1.43. The SMILES string of the molecule is c1ccc2oc(-c3ccc4ccc5ccc(-c6nc7ccccc7o6)nc5c4n3)nc2c1. The van der Waals surface area contributed by atoms with E-state index in [1.54, 1.807) is 0 Å². The van der Waals surface area contributed by atoms with E-state index in [1.807, 2.05) is 84.9 Å². The minimum atomic E-state index is 0.486. The smallest absolute Gasteiger partial charge is 0.246 e. The molecule has 4 heterocycles. The average molecular weight is 414 g/mol. The molecule has 6 heteroatoms. The Kier molecular flexibility index (Phi) is 3.46. The van der Waals surface area contributed by atoms with Crippen LogP contribution < -0.4 is 0 Å². The Bertz CT molecular complexity index is 1600. The lowest BCUT2D eigenvalue weighted by Gasteiger charge is -2.05. The number of fused-ring (bicyclic) bond motifs is 5. The molecule has 0 radical (unpaired) electrons. The predicted molar refractivity (Wildman–Crippen MR) is 123 cm³/mol. The maximum absolute atomic E-state index is 5.92. The van der Waals surface area contributed by atoms with Gasteiger partial charge in [-0.25, -0.2) is 19.9 Å². The Morgan fingerprint density at radius 1 is 0.438 bits per heavy atom. The number of hydrogen-bond donors (Lipinski definition) is 0. The number of aromatic nitrogens is 4. The van der Waals surface area contributed by atoms with Gasteiger partial charge in [0, 0.05) is 10.8 Å². The van der Waals surface area contributed by atoms with Crippen molar-refractivity contribution in [3.05, 3.63) is 84.9 Å². The number of para-hydroxylation sites is 4. The van der Waals surface area contributed by atoms with Crippen LogP contribution in [0.4, 0.5) is 0 Å². The Hall–Kier alpha value is -4.58. The van der Waals surface area contributed by atoms with Crippen molar-refractivity contribution in [3.63, 3.8) is 0 Å². The first kappa shape index (κ1) is 17.1. The van der Waals surface area contributed by atoms with Crippen LogP contribution >= 0.6 is 0 Å². The summed E-state index contributed by atoms with van der Waals surface area (Å²) in [5.41, 5.74) is 5.96. The fraction of sp³-hybridized carbons (Fsp3) is 0. The van der Waals surface area contributed by atoms with Gasteiger partial charge < -0.3 is 8.83 Å². The third-order valence-electron chi connectivity index (χ3n) is 5.55. The molecule has 0 fully saturated rings. The van der Waals surface area contributed by atoms with Gasteiger partial charge in [-0.1, -0.05) is 48.5 Å². The standard InChI is InChI=1S/C26H14N4O2/c1-3-7-21-17(5-1)29-25(31-21)19-13-11-15-9-10-16-12-14-20(28-24(16)23(15)27-19)26-30-18-6-2-4-8-22(18)32-26/h1-14H. The zero-order valence-corrected chi connectivity index (χ0v) is 16.7. The maximum Gasteiger partial charge on any atom is 0.246 e. The van der Waals surface area contributed by atoms with Gasteiger partial charge in [0.1, 0.15) is 22.4 Å². The van der Waals surface area contributed by atoms with Crippen molar-refractivity contribution in [1.29, 1.82) is 0 Å². The quantitative estimate of drug-likeness (QED) is 0.305. The molecule has 0 saturated carbocycles. The normalized spacial score (nSPS) is 11.8. The largest absolute Gasteiger partial charge is 0.435 e. The lowest BCUT2D eigenvalue weighted by molar-refractivity contribution is 0.616. The fourth-order valence-corrected chi connectivity index (χ4v) is 3.97. The van der Waals surface area contributed by atoms with Crippen LogP contribution in [0.1, 0.15) is 0 Å². The maximum atomic E-state index is 5.92. The Morgan fingerprint density at radius 3 is 1.34 bits per heavy atom. The molecule has 6 nitrogen and oxygen atoms in total. The van der Waals surface area contributed by atoms with Crippen LogP contribution in [0.15, 0.2) is 93.8 Å². The molecule has 0 saturated heterocycles. The van der Waals surface area contributed by atoms with E-state index >= 15 is 0 Å². The van der Waals surface area contributed by atoms with Crippen LogP contribution in [0, 0.1) is 0 Å². The molecule has 0 aliphatic rings. The highest BCUT2D eigenvalue weighted by Gasteiger charge is 2.14. The monoisotopic (exact) mass is 414 g/mol. The van der Waals surface area contributed by atoms with Gasteiger partial charge in [-0.15, -0.1) is 0 Å². The van der Waals surface area contributed by atoms with Gasteiger partial charge in [-0.3, -0.25) is 0 Å². The van der Waals surface area contributed by atoms with Crippen LogP contribution in [-0.2, 0) is 0 Å². The minimum absolute atomic E-state index is 0.486. The number of nitrogens with zero attached hydrogens (tertiary/aromatic N) is 4. The zero-order valence-electron chi connectivity index (χ0n) is 16.7. The molecule has 150 valence electrons. The minimum Gasteiger partial charge on any atom is -0.435 e. The molecule has 3 aromatic carbocycles. The molecule has 4 aromatic heterocycles. The van der Waals surface area contributed by atoms with Gasteiger partial charge in [0.15, 0.2) is 11.2 Å². The van der Waals surface area contributed by atoms with Gasteiger partial charge >= 0.3 is 0 Å². The van der Waals surface area contributed by atoms with Gasteiger partial charge in [0.2, 0.25) is 11.8 Å². The molecule has 7 rings (SSSR count). The molecule has 0 aliphatic carbocycles. The molecule has 0 aliphatic heterocycles. The van der Waals surface area contributed by atoms with E-state index in [9.17, 15) is 0 Å². The highest BCUT2D eigenvalue weighted by molar-refractivity contribution is 6.04. The first-order valence-corrected chi connectivity index (χ1v) is 10.2. The van der Waals surface area contributed by atoms with Crippen molar-refractivity contribution in [1.82, 2.24) is 19.9 Å². The number of benzene rings is 3. The van der Waals surface area contributed by atoms with Gasteiger partial charge in [0.25, 0.3) is 0 Å². The highest BCUT2D eigenvalue weighted by atomic mass is 16.4. The van der Waals surface area contributed by atoms with Crippen molar-refractivity contribution >= 4 is 44.0 Å². The Labute approximate surface area is 181 Å². The lowest BCUT2D eigenvalue weighted by atomic mass is 10.1. The molecule has 0 bridgehead atoms. The number of oxazole rings is 2. The first-order chi connectivity index (χ1) is 15.8. The highest BCUT2D eigenvalue weighted by Crippen LogP contribution is 2.30. The summed E-state index contributed by atoms with van der Waals surface area (Å²) < 4.78 is 11.8. The Morgan fingerprint density at radius 2 is 0.875 bits per heavy atom. The van der Waals surface area contributed by atoms with Crippen molar-refractivity contribution < 1.29 is 8.83 Å². The third kappa shape index (κ3) is 2.60. The van der Waals surface area contributed by atoms with Crippen LogP contribution in [0.3, 0.4) is 0 Å². The number of pyridine rings is 2. The lowest BCUT2D eigenvalue weighted by Crippen LogP contribution is -1.91. The van der Waals surface area contributed by atoms with E-state index < -0.39 is 0 Å². The summed E-state index contributed by atoms with van der Waals surface area (Å²) in [6.45, 7) is 0. The van der Waals surface area contributed by atoms with Gasteiger partial charge in [-0.2, -0.15) is 0 Å². The molecular formula is C26H14N4O2. The van der Waals surface area contributed by atoms with Crippen molar-refractivity contribution in [2.45, 2.75) is 0 Å². The van der Waals surface area contributed by atoms with Crippen molar-refractivity contribution in [3.8, 4) is 23.2 Å². The second-order valence-corrected chi connectivity index (χ2v) is 7.58. The summed E-state index contributed by atoms with van der Waals surface area (Å²) in [7, 11) is 0. The molecule has 0 atom stereocenters. The second-order valence-electron chi connectivity index (χ2n) is 7.58. The van der Waals surface area contributed by atoms with Crippen molar-refractivity contribution in [2.75, 3.05) is 0 Å². The summed E-state index contributed by atoms with van der Waals surface area (Å²) in [5.74, 6) is 0.973. The predicted octanol–water partition coefficient (Wildman–Crippen LogP) is 6.40. The van der Waals surface area contributed by atoms with Crippen molar-refractivity contribution in [2.24, 2.45) is 0 Å². The van der Waals surface area contributed by atoms with E-state index in [0.717, 1.165) is 44.0 Å². The molecule has 32 heavy (non-hydrogen) atoms.